The molecule has 0 spiro atoms. The third kappa shape index (κ3) is 3.52. The molecular formula is C19H24N2O4. The molecule has 2 fully saturated rings. The minimum Gasteiger partial charge on any atom is -0.481 e. The van der Waals surface area contributed by atoms with Crippen LogP contribution in [0.5, 0.6) is 0 Å². The van der Waals surface area contributed by atoms with Crippen molar-refractivity contribution in [3.05, 3.63) is 29.3 Å². The van der Waals surface area contributed by atoms with E-state index in [1.54, 1.807) is 9.80 Å². The van der Waals surface area contributed by atoms with Crippen molar-refractivity contribution >= 4 is 23.5 Å². The van der Waals surface area contributed by atoms with E-state index in [9.17, 15) is 19.5 Å². The predicted molar refractivity (Wildman–Crippen MR) is 93.3 cm³/mol. The lowest BCUT2D eigenvalue weighted by Gasteiger charge is -2.32. The van der Waals surface area contributed by atoms with Crippen LogP contribution >= 0.6 is 0 Å². The van der Waals surface area contributed by atoms with Gasteiger partial charge in [0, 0.05) is 31.7 Å². The molecule has 6 heteroatoms. The third-order valence-electron chi connectivity index (χ3n) is 5.20. The summed E-state index contributed by atoms with van der Waals surface area (Å²) in [6, 6.07) is 5.92. The van der Waals surface area contributed by atoms with Crippen LogP contribution in [0.2, 0.25) is 0 Å². The lowest BCUT2D eigenvalue weighted by atomic mass is 9.96. The molecule has 2 heterocycles. The lowest BCUT2D eigenvalue weighted by Crippen LogP contribution is -2.45. The molecule has 134 valence electrons. The van der Waals surface area contributed by atoms with Crippen LogP contribution < -0.4 is 4.90 Å². The van der Waals surface area contributed by atoms with Gasteiger partial charge in [-0.3, -0.25) is 14.4 Å². The molecular weight excluding hydrogens is 320 g/mol. The number of carboxylic acid groups (broad SMARTS) is 1. The number of rotatable bonds is 3. The van der Waals surface area contributed by atoms with Gasteiger partial charge in [-0.25, -0.2) is 0 Å². The zero-order chi connectivity index (χ0) is 18.1. The second-order valence-corrected chi connectivity index (χ2v) is 7.16. The van der Waals surface area contributed by atoms with Gasteiger partial charge in [-0.1, -0.05) is 17.7 Å². The molecule has 2 aliphatic heterocycles. The lowest BCUT2D eigenvalue weighted by molar-refractivity contribution is -0.146. The first-order chi connectivity index (χ1) is 11.9. The molecule has 1 aromatic rings. The van der Waals surface area contributed by atoms with E-state index in [1.165, 1.54) is 0 Å². The number of likely N-dealkylation sites (tertiary alicyclic amines) is 1. The summed E-state index contributed by atoms with van der Waals surface area (Å²) in [6.45, 7) is 5.17. The Bertz CT molecular complexity index is 715. The number of hydrogen-bond acceptors (Lipinski definition) is 3. The molecule has 0 bridgehead atoms. The number of carbonyl (C=O) groups is 3. The Morgan fingerprint density at radius 1 is 1.16 bits per heavy atom. The predicted octanol–water partition coefficient (Wildman–Crippen LogP) is 1.98. The molecule has 1 aromatic carbocycles. The summed E-state index contributed by atoms with van der Waals surface area (Å²) >= 11 is 0. The quantitative estimate of drug-likeness (QED) is 0.909. The van der Waals surface area contributed by atoms with Crippen molar-refractivity contribution in [2.45, 2.75) is 33.1 Å². The molecule has 0 aromatic heterocycles. The van der Waals surface area contributed by atoms with Crippen molar-refractivity contribution in [3.8, 4) is 0 Å². The van der Waals surface area contributed by atoms with E-state index in [4.69, 9.17) is 0 Å². The summed E-state index contributed by atoms with van der Waals surface area (Å²) in [6.07, 6.45) is 1.50. The zero-order valence-electron chi connectivity index (χ0n) is 14.7. The molecule has 0 aliphatic carbocycles. The summed E-state index contributed by atoms with van der Waals surface area (Å²) in [7, 11) is 0. The van der Waals surface area contributed by atoms with E-state index in [-0.39, 0.29) is 30.7 Å². The van der Waals surface area contributed by atoms with Gasteiger partial charge >= 0.3 is 5.97 Å². The van der Waals surface area contributed by atoms with Gasteiger partial charge in [0.2, 0.25) is 11.8 Å². The van der Waals surface area contributed by atoms with E-state index >= 15 is 0 Å². The van der Waals surface area contributed by atoms with Crippen molar-refractivity contribution in [1.82, 2.24) is 4.90 Å². The van der Waals surface area contributed by atoms with Gasteiger partial charge in [0.1, 0.15) is 0 Å². The van der Waals surface area contributed by atoms with Gasteiger partial charge in [0.15, 0.2) is 0 Å². The minimum atomic E-state index is -0.850. The fraction of sp³-hybridized carbons (Fsp3) is 0.526. The Morgan fingerprint density at radius 2 is 1.92 bits per heavy atom. The number of carboxylic acids is 1. The number of benzene rings is 1. The highest BCUT2D eigenvalue weighted by atomic mass is 16.4. The minimum absolute atomic E-state index is 0.0444. The Morgan fingerprint density at radius 3 is 2.60 bits per heavy atom. The van der Waals surface area contributed by atoms with Crippen LogP contribution in [-0.4, -0.2) is 47.4 Å². The van der Waals surface area contributed by atoms with Crippen LogP contribution in [0.1, 0.15) is 30.4 Å². The highest BCUT2D eigenvalue weighted by Crippen LogP contribution is 2.30. The first-order valence-corrected chi connectivity index (χ1v) is 8.76. The molecule has 2 aliphatic rings. The van der Waals surface area contributed by atoms with Gasteiger partial charge < -0.3 is 14.9 Å². The molecule has 2 unspecified atom stereocenters. The topological polar surface area (TPSA) is 77.9 Å². The third-order valence-corrected chi connectivity index (χ3v) is 5.20. The molecule has 6 nitrogen and oxygen atoms in total. The average molecular weight is 344 g/mol. The summed E-state index contributed by atoms with van der Waals surface area (Å²) in [5, 5.41) is 9.19. The Labute approximate surface area is 147 Å². The van der Waals surface area contributed by atoms with Crippen molar-refractivity contribution < 1.29 is 19.5 Å². The maximum absolute atomic E-state index is 12.8. The van der Waals surface area contributed by atoms with E-state index in [0.717, 1.165) is 16.8 Å². The molecule has 2 saturated heterocycles. The molecule has 3 rings (SSSR count). The van der Waals surface area contributed by atoms with E-state index in [2.05, 4.69) is 0 Å². The summed E-state index contributed by atoms with van der Waals surface area (Å²) in [4.78, 5) is 39.7. The van der Waals surface area contributed by atoms with Crippen LogP contribution in [0.3, 0.4) is 0 Å². The molecule has 2 atom stereocenters. The maximum atomic E-state index is 12.8. The normalized spacial score (nSPS) is 23.8. The van der Waals surface area contributed by atoms with Crippen LogP contribution in [0.15, 0.2) is 18.2 Å². The maximum Gasteiger partial charge on any atom is 0.308 e. The SMILES string of the molecule is Cc1ccc(N2CC(C(=O)N3CCCC(C(=O)O)C3)CC2=O)c(C)c1. The fourth-order valence-electron chi connectivity index (χ4n) is 3.85. The highest BCUT2D eigenvalue weighted by Gasteiger charge is 2.39. The Balaban J connectivity index is 1.71. The van der Waals surface area contributed by atoms with Crippen molar-refractivity contribution in [2.24, 2.45) is 11.8 Å². The standard InChI is InChI=1S/C19H24N2O4/c1-12-5-6-16(13(2)8-12)21-11-15(9-17(21)22)18(23)20-7-3-4-14(10-20)19(24)25/h5-6,8,14-15H,3-4,7,9-11H2,1-2H3,(H,24,25). The monoisotopic (exact) mass is 344 g/mol. The number of amides is 2. The fourth-order valence-corrected chi connectivity index (χ4v) is 3.85. The van der Waals surface area contributed by atoms with Crippen molar-refractivity contribution in [3.63, 3.8) is 0 Å². The molecule has 1 N–H and O–H groups in total. The number of nitrogens with zero attached hydrogens (tertiary/aromatic N) is 2. The van der Waals surface area contributed by atoms with E-state index in [0.29, 0.717) is 25.9 Å². The van der Waals surface area contributed by atoms with E-state index in [1.807, 2.05) is 32.0 Å². The number of aliphatic carboxylic acids is 1. The number of hydrogen-bond donors (Lipinski definition) is 1. The molecule has 0 saturated carbocycles. The summed E-state index contributed by atoms with van der Waals surface area (Å²) in [5.41, 5.74) is 3.01. The molecule has 2 amide bonds. The van der Waals surface area contributed by atoms with Crippen molar-refractivity contribution in [2.75, 3.05) is 24.5 Å². The summed E-state index contributed by atoms with van der Waals surface area (Å²) < 4.78 is 0. The zero-order valence-corrected chi connectivity index (χ0v) is 14.7. The number of anilines is 1. The first-order valence-electron chi connectivity index (χ1n) is 8.76. The number of carbonyl (C=O) groups excluding carboxylic acids is 2. The Hall–Kier alpha value is -2.37. The van der Waals surface area contributed by atoms with Crippen LogP contribution in [-0.2, 0) is 14.4 Å². The van der Waals surface area contributed by atoms with Gasteiger partial charge in [-0.2, -0.15) is 0 Å². The molecule has 25 heavy (non-hydrogen) atoms. The summed E-state index contributed by atoms with van der Waals surface area (Å²) in [5.74, 6) is -1.87. The van der Waals surface area contributed by atoms with Gasteiger partial charge in [-0.05, 0) is 38.3 Å². The molecule has 0 radical (unpaired) electrons. The number of aryl methyl sites for hydroxylation is 2. The first kappa shape index (κ1) is 17.5. The van der Waals surface area contributed by atoms with Crippen LogP contribution in [0.25, 0.3) is 0 Å². The van der Waals surface area contributed by atoms with Crippen LogP contribution in [0, 0.1) is 25.7 Å². The largest absolute Gasteiger partial charge is 0.481 e. The second kappa shape index (κ2) is 6.86. The average Bonchev–Trinajstić information content (AvgIpc) is 2.96. The second-order valence-electron chi connectivity index (χ2n) is 7.16. The van der Waals surface area contributed by atoms with Crippen molar-refractivity contribution in [1.29, 1.82) is 0 Å². The van der Waals surface area contributed by atoms with Gasteiger partial charge in [0.25, 0.3) is 0 Å². The van der Waals surface area contributed by atoms with E-state index < -0.39 is 11.9 Å². The van der Waals surface area contributed by atoms with Crippen LogP contribution in [0.4, 0.5) is 5.69 Å². The smallest absolute Gasteiger partial charge is 0.308 e. The van der Waals surface area contributed by atoms with Gasteiger partial charge in [0.05, 0.1) is 11.8 Å². The number of piperidine rings is 1. The Kier molecular flexibility index (Phi) is 4.79. The highest BCUT2D eigenvalue weighted by molar-refractivity contribution is 6.00. The van der Waals surface area contributed by atoms with Gasteiger partial charge in [-0.15, -0.1) is 0 Å².